The molecule has 0 aromatic heterocycles. The van der Waals surface area contributed by atoms with Gasteiger partial charge in [-0.05, 0) is 42.5 Å². The van der Waals surface area contributed by atoms with Gasteiger partial charge in [0.1, 0.15) is 5.82 Å². The normalized spacial score (nSPS) is 11.5. The van der Waals surface area contributed by atoms with Crippen molar-refractivity contribution >= 4 is 29.2 Å². The van der Waals surface area contributed by atoms with Crippen molar-refractivity contribution in [3.8, 4) is 0 Å². The van der Waals surface area contributed by atoms with E-state index in [-0.39, 0.29) is 10.7 Å². The van der Waals surface area contributed by atoms with E-state index >= 15 is 0 Å². The molecule has 23 heavy (non-hydrogen) atoms. The topological polar surface area (TPSA) is 36.4 Å². The number of nitrogens with one attached hydrogen (secondary N) is 2. The molecule has 0 amide bonds. The molecule has 0 fully saturated rings. The molecule has 2 N–H and O–H groups in total. The van der Waals surface area contributed by atoms with E-state index in [1.54, 1.807) is 0 Å². The summed E-state index contributed by atoms with van der Waals surface area (Å²) >= 11 is 4.94. The van der Waals surface area contributed by atoms with Gasteiger partial charge in [0.05, 0.1) is 11.8 Å². The van der Waals surface area contributed by atoms with Crippen molar-refractivity contribution in [2.45, 2.75) is 6.18 Å². The lowest BCUT2D eigenvalue weighted by Crippen LogP contribution is -2.24. The largest absolute Gasteiger partial charge is 0.417 e. The molecule has 0 unspecified atom stereocenters. The maximum Gasteiger partial charge on any atom is 0.417 e. The summed E-state index contributed by atoms with van der Waals surface area (Å²) in [6.45, 7) is 0. The molecule has 0 bridgehead atoms. The molecule has 0 radical (unpaired) electrons. The fraction of sp³-hybridized carbons (Fsp3) is 0.0667. The first-order valence-corrected chi connectivity index (χ1v) is 6.79. The first kappa shape index (κ1) is 16.9. The van der Waals surface area contributed by atoms with Crippen LogP contribution in [0, 0.1) is 5.82 Å². The second-order valence-electron chi connectivity index (χ2n) is 4.42. The van der Waals surface area contributed by atoms with Crippen LogP contribution in [-0.2, 0) is 6.18 Å². The van der Waals surface area contributed by atoms with Crippen LogP contribution in [0.2, 0.25) is 0 Å². The third kappa shape index (κ3) is 5.03. The first-order chi connectivity index (χ1) is 10.9. The van der Waals surface area contributed by atoms with Crippen LogP contribution in [-0.4, -0.2) is 11.3 Å². The Kier molecular flexibility index (Phi) is 5.28. The minimum absolute atomic E-state index is 0.0670. The van der Waals surface area contributed by atoms with Gasteiger partial charge in [0.2, 0.25) is 0 Å². The van der Waals surface area contributed by atoms with Crippen molar-refractivity contribution in [2.24, 2.45) is 5.10 Å². The van der Waals surface area contributed by atoms with E-state index in [1.807, 2.05) is 0 Å². The van der Waals surface area contributed by atoms with Crippen molar-refractivity contribution in [1.82, 2.24) is 5.43 Å². The highest BCUT2D eigenvalue weighted by atomic mass is 32.1. The van der Waals surface area contributed by atoms with Crippen LogP contribution in [0.1, 0.15) is 11.1 Å². The number of hydrogen-bond donors (Lipinski definition) is 2. The molecule has 0 atom stereocenters. The van der Waals surface area contributed by atoms with Crippen LogP contribution in [0.3, 0.4) is 0 Å². The van der Waals surface area contributed by atoms with Crippen LogP contribution in [0.15, 0.2) is 53.6 Å². The standard InChI is InChI=1S/C15H11F4N3S/c16-11-5-7-12(8-6-11)21-14(23)22-20-9-10-3-1-2-4-13(10)15(17,18)19/h1-9H,(H2,21,22,23)/b20-9+. The highest BCUT2D eigenvalue weighted by Gasteiger charge is 2.32. The molecule has 2 aromatic rings. The predicted octanol–water partition coefficient (Wildman–Crippen LogP) is 4.17. The number of rotatable bonds is 3. The van der Waals surface area contributed by atoms with Crippen molar-refractivity contribution in [1.29, 1.82) is 0 Å². The lowest BCUT2D eigenvalue weighted by molar-refractivity contribution is -0.137. The Bertz CT molecular complexity index is 711. The summed E-state index contributed by atoms with van der Waals surface area (Å²) in [5.41, 5.74) is 2.05. The van der Waals surface area contributed by atoms with Crippen LogP contribution in [0.5, 0.6) is 0 Å². The molecule has 0 aliphatic carbocycles. The average molecular weight is 341 g/mol. The summed E-state index contributed by atoms with van der Waals surface area (Å²) in [5.74, 6) is -0.392. The lowest BCUT2D eigenvalue weighted by Gasteiger charge is -2.09. The van der Waals surface area contributed by atoms with Gasteiger partial charge in [0.25, 0.3) is 0 Å². The third-order valence-electron chi connectivity index (χ3n) is 2.74. The van der Waals surface area contributed by atoms with E-state index < -0.39 is 17.6 Å². The Morgan fingerprint density at radius 2 is 1.70 bits per heavy atom. The van der Waals surface area contributed by atoms with Crippen molar-refractivity contribution in [3.05, 3.63) is 65.5 Å². The molecule has 2 aromatic carbocycles. The molecule has 0 heterocycles. The number of benzene rings is 2. The van der Waals surface area contributed by atoms with Crippen molar-refractivity contribution < 1.29 is 17.6 Å². The summed E-state index contributed by atoms with van der Waals surface area (Å²) in [6.07, 6.45) is -3.43. The third-order valence-corrected chi connectivity index (χ3v) is 2.93. The van der Waals surface area contributed by atoms with Crippen molar-refractivity contribution in [2.75, 3.05) is 5.32 Å². The number of alkyl halides is 3. The maximum atomic E-state index is 12.8. The van der Waals surface area contributed by atoms with Crippen LogP contribution in [0.4, 0.5) is 23.2 Å². The van der Waals surface area contributed by atoms with Gasteiger partial charge in [-0.3, -0.25) is 5.43 Å². The van der Waals surface area contributed by atoms with E-state index in [9.17, 15) is 17.6 Å². The Morgan fingerprint density at radius 3 is 2.35 bits per heavy atom. The number of halogens is 4. The monoisotopic (exact) mass is 341 g/mol. The van der Waals surface area contributed by atoms with Crippen molar-refractivity contribution in [3.63, 3.8) is 0 Å². The van der Waals surface area contributed by atoms with E-state index in [0.717, 1.165) is 12.3 Å². The predicted molar refractivity (Wildman–Crippen MR) is 84.8 cm³/mol. The van der Waals surface area contributed by atoms with Gasteiger partial charge in [0.15, 0.2) is 5.11 Å². The molecule has 120 valence electrons. The van der Waals surface area contributed by atoms with Gasteiger partial charge < -0.3 is 5.32 Å². The molecule has 0 aliphatic heterocycles. The second kappa shape index (κ2) is 7.19. The molecule has 3 nitrogen and oxygen atoms in total. The SMILES string of the molecule is Fc1ccc(NC(=S)N/N=C/c2ccccc2C(F)(F)F)cc1. The average Bonchev–Trinajstić information content (AvgIpc) is 2.49. The van der Waals surface area contributed by atoms with Gasteiger partial charge in [-0.25, -0.2) is 4.39 Å². The van der Waals surface area contributed by atoms with Gasteiger partial charge in [0, 0.05) is 11.3 Å². The number of hydrogen-bond acceptors (Lipinski definition) is 2. The van der Waals surface area contributed by atoms with Crippen LogP contribution < -0.4 is 10.7 Å². The zero-order valence-electron chi connectivity index (χ0n) is 11.6. The van der Waals surface area contributed by atoms with E-state index in [2.05, 4.69) is 15.8 Å². The van der Waals surface area contributed by atoms with Gasteiger partial charge >= 0.3 is 6.18 Å². The summed E-state index contributed by atoms with van der Waals surface area (Å²) in [4.78, 5) is 0. The smallest absolute Gasteiger partial charge is 0.331 e. The fourth-order valence-electron chi connectivity index (χ4n) is 1.72. The molecule has 0 saturated carbocycles. The van der Waals surface area contributed by atoms with Crippen LogP contribution in [0.25, 0.3) is 0 Å². The Labute approximate surface area is 135 Å². The van der Waals surface area contributed by atoms with Gasteiger partial charge in [-0.15, -0.1) is 0 Å². The summed E-state index contributed by atoms with van der Waals surface area (Å²) in [6, 6.07) is 10.5. The number of thiocarbonyl (C=S) groups is 1. The second-order valence-corrected chi connectivity index (χ2v) is 4.82. The Hall–Kier alpha value is -2.48. The molecule has 0 aliphatic rings. The van der Waals surface area contributed by atoms with E-state index in [1.165, 1.54) is 42.5 Å². The number of nitrogens with zero attached hydrogens (tertiary/aromatic N) is 1. The summed E-state index contributed by atoms with van der Waals surface area (Å²) in [7, 11) is 0. The Balaban J connectivity index is 1.99. The molecule has 0 spiro atoms. The zero-order chi connectivity index (χ0) is 16.9. The molecule has 2 rings (SSSR count). The molecule has 0 saturated heterocycles. The van der Waals surface area contributed by atoms with Gasteiger partial charge in [-0.2, -0.15) is 18.3 Å². The molecular weight excluding hydrogens is 330 g/mol. The van der Waals surface area contributed by atoms with E-state index in [4.69, 9.17) is 12.2 Å². The molecular formula is C15H11F4N3S. The van der Waals surface area contributed by atoms with Crippen LogP contribution >= 0.6 is 12.2 Å². The summed E-state index contributed by atoms with van der Waals surface area (Å²) in [5, 5.41) is 6.46. The highest BCUT2D eigenvalue weighted by Crippen LogP contribution is 2.30. The minimum atomic E-state index is -4.46. The quantitative estimate of drug-likeness (QED) is 0.381. The van der Waals surface area contributed by atoms with E-state index in [0.29, 0.717) is 5.69 Å². The fourth-order valence-corrected chi connectivity index (χ4v) is 1.89. The zero-order valence-corrected chi connectivity index (χ0v) is 12.4. The first-order valence-electron chi connectivity index (χ1n) is 6.38. The van der Waals surface area contributed by atoms with Gasteiger partial charge in [-0.1, -0.05) is 18.2 Å². The highest BCUT2D eigenvalue weighted by molar-refractivity contribution is 7.80. The minimum Gasteiger partial charge on any atom is -0.331 e. The number of hydrazone groups is 1. The molecule has 8 heteroatoms. The maximum absolute atomic E-state index is 12.8. The summed E-state index contributed by atoms with van der Waals surface area (Å²) < 4.78 is 51.2. The number of anilines is 1. The Morgan fingerprint density at radius 1 is 1.04 bits per heavy atom. The lowest BCUT2D eigenvalue weighted by atomic mass is 10.1.